The number of esters is 1. The van der Waals surface area contributed by atoms with E-state index in [-0.39, 0.29) is 57.5 Å². The average Bonchev–Trinajstić information content (AvgIpc) is 3.28. The third kappa shape index (κ3) is 8.11. The normalized spacial score (nSPS) is 55.2. The molecule has 7 fully saturated rings. The van der Waals surface area contributed by atoms with Gasteiger partial charge in [-0.3, -0.25) is 0 Å². The van der Waals surface area contributed by atoms with Gasteiger partial charge in [0.1, 0.15) is 61.0 Å². The lowest BCUT2D eigenvalue weighted by Crippen LogP contribution is -2.68. The minimum absolute atomic E-state index is 0.0229. The summed E-state index contributed by atoms with van der Waals surface area (Å²) in [7, 11) is 1.10. The van der Waals surface area contributed by atoms with Crippen LogP contribution in [0.5, 0.6) is 0 Å². The summed E-state index contributed by atoms with van der Waals surface area (Å²) in [5, 5.41) is 110. The quantitative estimate of drug-likeness (QED) is 0.0869. The number of fused-ring (bicyclic) bond motifs is 7. The van der Waals surface area contributed by atoms with Crippen LogP contribution in [-0.2, 0) is 38.0 Å². The van der Waals surface area contributed by atoms with Crippen LogP contribution in [0.3, 0.4) is 0 Å². The zero-order chi connectivity index (χ0) is 49.1. The summed E-state index contributed by atoms with van der Waals surface area (Å²) < 4.78 is 41.6. The molecule has 10 N–H and O–H groups in total. The second-order valence-electron chi connectivity index (χ2n) is 23.8. The van der Waals surface area contributed by atoms with Crippen LogP contribution in [0.2, 0.25) is 0 Å². The van der Waals surface area contributed by atoms with Gasteiger partial charge >= 0.3 is 5.97 Å². The molecule has 4 saturated carbocycles. The highest BCUT2D eigenvalue weighted by Crippen LogP contribution is 2.76. The van der Waals surface area contributed by atoms with E-state index < -0.39 is 116 Å². The number of hydrogen-bond acceptors (Lipinski definition) is 18. The van der Waals surface area contributed by atoms with Crippen molar-refractivity contribution in [3.05, 3.63) is 11.6 Å². The Kier molecular flexibility index (Phi) is 14.1. The van der Waals surface area contributed by atoms with E-state index >= 15 is 0 Å². The monoisotopic (exact) mass is 957 g/mol. The van der Waals surface area contributed by atoms with Gasteiger partial charge in [-0.2, -0.15) is 0 Å². The van der Waals surface area contributed by atoms with Crippen LogP contribution in [-0.4, -0.2) is 182 Å². The highest BCUT2D eigenvalue weighted by Gasteiger charge is 2.70. The SMILES string of the molecule is COC(=O)[C@H]1O[C@@H](O[C@H]2CC[C@]3(C)C4CC=C5C6CC(C)(C)C[C@@H](O)[C@]6(C)CC[C@@]5(C)[C@]4(C)CC[C@H]3[C@@]2(C)CO)[C@H](O[C@@H]2O[C@H](CO)[C@H](O)[C@@H](O)[C@@H]2O[C@@H]2O[C@@H](C)[C@H](O)[C@@H](O)[C@H]2O)[C@@H](O)[C@@H]1O. The molecule has 0 radical (unpaired) electrons. The Hall–Kier alpha value is -1.43. The molecule has 3 saturated heterocycles. The topological polar surface area (TPSA) is 284 Å². The Balaban J connectivity index is 1.08. The summed E-state index contributed by atoms with van der Waals surface area (Å²) in [4.78, 5) is 13.1. The number of aliphatic hydroxyl groups excluding tert-OH is 10. The van der Waals surface area contributed by atoms with Crippen LogP contribution in [0.25, 0.3) is 0 Å². The summed E-state index contributed by atoms with van der Waals surface area (Å²) in [6.07, 6.45) is -16.6. The molecule has 3 heterocycles. The van der Waals surface area contributed by atoms with Crippen LogP contribution in [0, 0.1) is 50.2 Å². The third-order valence-corrected chi connectivity index (χ3v) is 19.7. The molecule has 8 aliphatic rings. The van der Waals surface area contributed by atoms with E-state index in [1.54, 1.807) is 0 Å². The molecule has 3 aliphatic heterocycles. The number of carbonyl (C=O) groups is 1. The molecule has 0 amide bonds. The molecule has 2 unspecified atom stereocenters. The van der Waals surface area contributed by atoms with E-state index in [9.17, 15) is 55.9 Å². The average molecular weight is 957 g/mol. The molecule has 18 nitrogen and oxygen atoms in total. The summed E-state index contributed by atoms with van der Waals surface area (Å²) in [5.74, 6) is -0.520. The maximum atomic E-state index is 13.1. The van der Waals surface area contributed by atoms with Gasteiger partial charge in [0.05, 0.1) is 38.6 Å². The fourth-order valence-corrected chi connectivity index (χ4v) is 15.2. The highest BCUT2D eigenvalue weighted by atomic mass is 16.8. The Morgan fingerprint density at radius 3 is 1.96 bits per heavy atom. The Bertz CT molecular complexity index is 1830. The van der Waals surface area contributed by atoms with Gasteiger partial charge in [0.2, 0.25) is 0 Å². The number of aliphatic hydroxyl groups is 10. The lowest BCUT2D eigenvalue weighted by Gasteiger charge is -2.72. The fraction of sp³-hybridized carbons (Fsp3) is 0.939. The molecule has 8 rings (SSSR count). The Morgan fingerprint density at radius 1 is 0.672 bits per heavy atom. The summed E-state index contributed by atoms with van der Waals surface area (Å²) in [6, 6.07) is 0. The third-order valence-electron chi connectivity index (χ3n) is 19.7. The predicted molar refractivity (Wildman–Crippen MR) is 235 cm³/mol. The second-order valence-corrected chi connectivity index (χ2v) is 23.8. The van der Waals surface area contributed by atoms with Crippen molar-refractivity contribution >= 4 is 5.97 Å². The zero-order valence-corrected chi connectivity index (χ0v) is 40.6. The van der Waals surface area contributed by atoms with Crippen LogP contribution in [0.15, 0.2) is 11.6 Å². The lowest BCUT2D eigenvalue weighted by molar-refractivity contribution is -0.396. The minimum Gasteiger partial charge on any atom is -0.467 e. The van der Waals surface area contributed by atoms with E-state index in [0.29, 0.717) is 12.8 Å². The van der Waals surface area contributed by atoms with Gasteiger partial charge in [-0.25, -0.2) is 4.79 Å². The van der Waals surface area contributed by atoms with Gasteiger partial charge in [0.25, 0.3) is 0 Å². The maximum Gasteiger partial charge on any atom is 0.337 e. The van der Waals surface area contributed by atoms with E-state index in [0.717, 1.165) is 52.1 Å². The molecule has 0 aromatic carbocycles. The van der Waals surface area contributed by atoms with Crippen LogP contribution in [0.4, 0.5) is 0 Å². The van der Waals surface area contributed by atoms with Crippen molar-refractivity contribution in [3.8, 4) is 0 Å². The molecule has 0 aromatic heterocycles. The standard InChI is InChI=1S/C49H80O18/c1-22-30(53)32(55)36(59)41(62-22)66-38-33(56)31(54)25(20-50)63-42(38)67-39-35(58)34(57)37(40(60)61-9)65-43(39)64-29-13-14-46(5)26(47(29,6)21-51)12-15-49(8)27(46)11-10-23-24-18-44(2,3)19-28(52)45(24,4)16-17-48(23,49)7/h10,22,24-39,41-43,50-59H,11-21H2,1-9H3/t22-,24?,25+,26+,27?,28+,29-,30-,31-,32+,33+,34-,35-,36+,37-,38-,39+,41-,42-,43+,45+,46-,47+,48+,49+/m0/s1. The number of methoxy groups -OCH3 is 1. The van der Waals surface area contributed by atoms with Crippen LogP contribution < -0.4 is 0 Å². The summed E-state index contributed by atoms with van der Waals surface area (Å²) in [5.41, 5.74) is 0.0428. The molecule has 0 aromatic rings. The minimum atomic E-state index is -1.95. The first kappa shape index (κ1) is 51.9. The fourth-order valence-electron chi connectivity index (χ4n) is 15.2. The highest BCUT2D eigenvalue weighted by molar-refractivity contribution is 5.75. The predicted octanol–water partition coefficient (Wildman–Crippen LogP) is 0.793. The molecule has 384 valence electrons. The van der Waals surface area contributed by atoms with Gasteiger partial charge in [-0.05, 0) is 104 Å². The van der Waals surface area contributed by atoms with Gasteiger partial charge in [0.15, 0.2) is 25.0 Å². The van der Waals surface area contributed by atoms with Crippen molar-refractivity contribution in [3.63, 3.8) is 0 Å². The van der Waals surface area contributed by atoms with Crippen molar-refractivity contribution in [1.29, 1.82) is 0 Å². The van der Waals surface area contributed by atoms with Gasteiger partial charge in [-0.15, -0.1) is 0 Å². The molecule has 18 heteroatoms. The first-order valence-corrected chi connectivity index (χ1v) is 24.6. The maximum absolute atomic E-state index is 13.1. The summed E-state index contributed by atoms with van der Waals surface area (Å²) >= 11 is 0. The number of carbonyl (C=O) groups excluding carboxylic acids is 1. The van der Waals surface area contributed by atoms with Crippen molar-refractivity contribution in [1.82, 2.24) is 0 Å². The Labute approximate surface area is 393 Å². The molecule has 5 aliphatic carbocycles. The van der Waals surface area contributed by atoms with Crippen molar-refractivity contribution in [2.24, 2.45) is 50.2 Å². The van der Waals surface area contributed by atoms with E-state index in [2.05, 4.69) is 47.6 Å². The van der Waals surface area contributed by atoms with Crippen molar-refractivity contribution < 1.29 is 89.0 Å². The van der Waals surface area contributed by atoms with E-state index in [1.807, 2.05) is 6.92 Å². The second kappa shape index (κ2) is 18.3. The number of rotatable bonds is 9. The molecule has 0 spiro atoms. The zero-order valence-electron chi connectivity index (χ0n) is 40.6. The largest absolute Gasteiger partial charge is 0.467 e. The molecule has 0 bridgehead atoms. The van der Waals surface area contributed by atoms with E-state index in [1.165, 1.54) is 12.5 Å². The van der Waals surface area contributed by atoms with Crippen molar-refractivity contribution in [2.45, 2.75) is 218 Å². The lowest BCUT2D eigenvalue weighted by atomic mass is 9.33. The van der Waals surface area contributed by atoms with Crippen LogP contribution in [0.1, 0.15) is 113 Å². The molecular formula is C49H80O18. The van der Waals surface area contributed by atoms with E-state index in [4.69, 9.17) is 33.2 Å². The van der Waals surface area contributed by atoms with Gasteiger partial charge in [0, 0.05) is 10.8 Å². The number of ether oxygens (including phenoxy) is 7. The van der Waals surface area contributed by atoms with Gasteiger partial charge in [-0.1, -0.05) is 60.1 Å². The van der Waals surface area contributed by atoms with Crippen molar-refractivity contribution in [2.75, 3.05) is 20.3 Å². The molecular weight excluding hydrogens is 877 g/mol. The number of allylic oxidation sites excluding steroid dienone is 2. The smallest absolute Gasteiger partial charge is 0.337 e. The van der Waals surface area contributed by atoms with Gasteiger partial charge < -0.3 is 84.2 Å². The summed E-state index contributed by atoms with van der Waals surface area (Å²) in [6.45, 7) is 16.5. The van der Waals surface area contributed by atoms with Crippen LogP contribution >= 0.6 is 0 Å². The molecule has 25 atom stereocenters. The first-order chi connectivity index (χ1) is 31.3. The first-order valence-electron chi connectivity index (χ1n) is 24.6. The Morgan fingerprint density at radius 2 is 1.31 bits per heavy atom. The molecule has 67 heavy (non-hydrogen) atoms. The number of hydrogen-bond donors (Lipinski definition) is 10.